The van der Waals surface area contributed by atoms with Crippen LogP contribution in [-0.4, -0.2) is 12.6 Å². The first-order chi connectivity index (χ1) is 5.26. The maximum absolute atomic E-state index is 10.7. The Labute approximate surface area is 63.3 Å². The van der Waals surface area contributed by atoms with Crippen LogP contribution in [0.5, 0.6) is 5.75 Å². The normalized spacial score (nSPS) is 9.09. The molecule has 3 heteroatoms. The van der Waals surface area contributed by atoms with E-state index in [2.05, 4.69) is 0 Å². The van der Waals surface area contributed by atoms with E-state index in [4.69, 9.17) is 0 Å². The molecular formula is C8H5O3-. The summed E-state index contributed by atoms with van der Waals surface area (Å²) in [5, 5.41) is 10.7. The lowest BCUT2D eigenvalue weighted by molar-refractivity contribution is -0.268. The summed E-state index contributed by atoms with van der Waals surface area (Å²) in [4.78, 5) is 20.3. The van der Waals surface area contributed by atoms with E-state index >= 15 is 0 Å². The summed E-state index contributed by atoms with van der Waals surface area (Å²) in [5.74, 6) is -0.322. The third-order valence-corrected chi connectivity index (χ3v) is 1.22. The third kappa shape index (κ3) is 1.64. The minimum Gasteiger partial charge on any atom is -0.872 e. The van der Waals surface area contributed by atoms with Crippen LogP contribution in [0.1, 0.15) is 20.7 Å². The summed E-state index contributed by atoms with van der Waals surface area (Å²) < 4.78 is 0. The van der Waals surface area contributed by atoms with Gasteiger partial charge in [0.1, 0.15) is 12.6 Å². The number of rotatable bonds is 2. The molecule has 1 aromatic rings. The van der Waals surface area contributed by atoms with Crippen LogP contribution in [0, 0.1) is 0 Å². The van der Waals surface area contributed by atoms with Gasteiger partial charge in [0.2, 0.25) is 0 Å². The fourth-order valence-corrected chi connectivity index (χ4v) is 0.782. The number of hydrogen-bond donors (Lipinski definition) is 0. The lowest BCUT2D eigenvalue weighted by Gasteiger charge is -2.05. The molecule has 0 saturated heterocycles. The Morgan fingerprint density at radius 1 is 1.00 bits per heavy atom. The molecule has 0 N–H and O–H groups in total. The van der Waals surface area contributed by atoms with Gasteiger partial charge in [0.25, 0.3) is 0 Å². The zero-order chi connectivity index (χ0) is 8.27. The van der Waals surface area contributed by atoms with E-state index < -0.39 is 0 Å². The molecular weight excluding hydrogens is 144 g/mol. The van der Waals surface area contributed by atoms with Crippen LogP contribution in [-0.2, 0) is 0 Å². The Morgan fingerprint density at radius 3 is 1.82 bits per heavy atom. The number of hydrogen-bond acceptors (Lipinski definition) is 3. The molecule has 1 rings (SSSR count). The van der Waals surface area contributed by atoms with Crippen molar-refractivity contribution < 1.29 is 14.7 Å². The van der Waals surface area contributed by atoms with Gasteiger partial charge >= 0.3 is 0 Å². The van der Waals surface area contributed by atoms with Crippen LogP contribution in [0.3, 0.4) is 0 Å². The van der Waals surface area contributed by atoms with Crippen molar-refractivity contribution in [1.29, 1.82) is 0 Å². The molecule has 0 amide bonds. The topological polar surface area (TPSA) is 57.2 Å². The number of carbonyl (C=O) groups is 2. The van der Waals surface area contributed by atoms with Gasteiger partial charge in [-0.2, -0.15) is 0 Å². The molecule has 0 aliphatic heterocycles. The highest BCUT2D eigenvalue weighted by molar-refractivity contribution is 5.82. The summed E-state index contributed by atoms with van der Waals surface area (Å²) in [6.07, 6.45) is 1.07. The molecule has 3 nitrogen and oxygen atoms in total. The molecule has 0 spiro atoms. The minimum atomic E-state index is -0.322. The van der Waals surface area contributed by atoms with Crippen LogP contribution < -0.4 is 5.11 Å². The van der Waals surface area contributed by atoms with Crippen molar-refractivity contribution in [2.45, 2.75) is 0 Å². The van der Waals surface area contributed by atoms with Crippen molar-refractivity contribution in [1.82, 2.24) is 0 Å². The lowest BCUT2D eigenvalue weighted by Crippen LogP contribution is -1.93. The molecule has 0 fully saturated rings. The van der Waals surface area contributed by atoms with Gasteiger partial charge in [-0.1, -0.05) is 12.1 Å². The second kappa shape index (κ2) is 2.96. The summed E-state index contributed by atoms with van der Waals surface area (Å²) in [6.45, 7) is 0. The van der Waals surface area contributed by atoms with Crippen molar-refractivity contribution >= 4 is 12.6 Å². The zero-order valence-corrected chi connectivity index (χ0v) is 5.61. The number of aldehydes is 2. The van der Waals surface area contributed by atoms with Crippen LogP contribution in [0.2, 0.25) is 0 Å². The summed E-state index contributed by atoms with van der Waals surface area (Å²) in [5.41, 5.74) is 0.471. The van der Waals surface area contributed by atoms with Crippen molar-refractivity contribution in [3.8, 4) is 5.75 Å². The SMILES string of the molecule is O=Cc1cc([O-])cc(C=O)c1. The van der Waals surface area contributed by atoms with Crippen molar-refractivity contribution in [3.63, 3.8) is 0 Å². The summed E-state index contributed by atoms with van der Waals surface area (Å²) in [7, 11) is 0. The first-order valence-corrected chi connectivity index (χ1v) is 2.98. The largest absolute Gasteiger partial charge is 0.872 e. The van der Waals surface area contributed by atoms with Gasteiger partial charge in [-0.05, 0) is 6.07 Å². The minimum absolute atomic E-state index is 0.236. The Bertz CT molecular complexity index is 265. The van der Waals surface area contributed by atoms with Crippen LogP contribution in [0.25, 0.3) is 0 Å². The third-order valence-electron chi connectivity index (χ3n) is 1.22. The van der Waals surface area contributed by atoms with E-state index in [1.807, 2.05) is 0 Å². The molecule has 1 aromatic carbocycles. The number of carbonyl (C=O) groups excluding carboxylic acids is 2. The second-order valence-corrected chi connectivity index (χ2v) is 2.07. The van der Waals surface area contributed by atoms with E-state index in [0.717, 1.165) is 0 Å². The predicted octanol–water partition coefficient (Wildman–Crippen LogP) is 0.385. The summed E-state index contributed by atoms with van der Waals surface area (Å²) in [6, 6.07) is 3.72. The van der Waals surface area contributed by atoms with Crippen LogP contribution >= 0.6 is 0 Å². The fourth-order valence-electron chi connectivity index (χ4n) is 0.782. The maximum Gasteiger partial charge on any atom is 0.150 e. The highest BCUT2D eigenvalue weighted by atomic mass is 16.3. The average molecular weight is 149 g/mol. The van der Waals surface area contributed by atoms with E-state index in [-0.39, 0.29) is 16.9 Å². The number of benzene rings is 1. The Balaban J connectivity index is 3.21. The van der Waals surface area contributed by atoms with Crippen molar-refractivity contribution in [3.05, 3.63) is 29.3 Å². The van der Waals surface area contributed by atoms with E-state index in [0.29, 0.717) is 12.6 Å². The molecule has 0 bridgehead atoms. The van der Waals surface area contributed by atoms with Gasteiger partial charge < -0.3 is 5.11 Å². The first kappa shape index (κ1) is 7.47. The smallest absolute Gasteiger partial charge is 0.150 e. The Kier molecular flexibility index (Phi) is 2.01. The zero-order valence-electron chi connectivity index (χ0n) is 5.61. The van der Waals surface area contributed by atoms with Gasteiger partial charge in [-0.3, -0.25) is 9.59 Å². The first-order valence-electron chi connectivity index (χ1n) is 2.98. The van der Waals surface area contributed by atoms with Gasteiger partial charge in [-0.15, -0.1) is 5.75 Å². The predicted molar refractivity (Wildman–Crippen MR) is 36.7 cm³/mol. The maximum atomic E-state index is 10.7. The van der Waals surface area contributed by atoms with Gasteiger partial charge in [0, 0.05) is 11.1 Å². The molecule has 0 aliphatic rings. The van der Waals surface area contributed by atoms with Crippen LogP contribution in [0.4, 0.5) is 0 Å². The molecule has 0 saturated carbocycles. The Morgan fingerprint density at radius 2 is 1.45 bits per heavy atom. The van der Waals surface area contributed by atoms with E-state index in [1.54, 1.807) is 0 Å². The molecule has 0 unspecified atom stereocenters. The molecule has 56 valence electrons. The fraction of sp³-hybridized carbons (Fsp3) is 0. The summed E-state index contributed by atoms with van der Waals surface area (Å²) >= 11 is 0. The van der Waals surface area contributed by atoms with Crippen molar-refractivity contribution in [2.75, 3.05) is 0 Å². The quantitative estimate of drug-likeness (QED) is 0.571. The molecule has 0 aromatic heterocycles. The molecule has 0 atom stereocenters. The molecule has 0 aliphatic carbocycles. The van der Waals surface area contributed by atoms with Gasteiger partial charge in [-0.25, -0.2) is 0 Å². The second-order valence-electron chi connectivity index (χ2n) is 2.07. The molecule has 0 radical (unpaired) electrons. The van der Waals surface area contributed by atoms with Crippen molar-refractivity contribution in [2.24, 2.45) is 0 Å². The lowest BCUT2D eigenvalue weighted by atomic mass is 10.1. The molecule has 0 heterocycles. The van der Waals surface area contributed by atoms with Crippen LogP contribution in [0.15, 0.2) is 18.2 Å². The highest BCUT2D eigenvalue weighted by Crippen LogP contribution is 2.09. The van der Waals surface area contributed by atoms with E-state index in [9.17, 15) is 14.7 Å². The van der Waals surface area contributed by atoms with Gasteiger partial charge in [0.05, 0.1) is 0 Å². The standard InChI is InChI=1S/C8H6O3/c9-4-6-1-7(5-10)3-8(11)2-6/h1-5,11H/p-1. The molecule has 11 heavy (non-hydrogen) atoms. The van der Waals surface area contributed by atoms with E-state index in [1.165, 1.54) is 18.2 Å². The van der Waals surface area contributed by atoms with Gasteiger partial charge in [0.15, 0.2) is 0 Å². The highest BCUT2D eigenvalue weighted by Gasteiger charge is 1.92. The monoisotopic (exact) mass is 149 g/mol. The average Bonchev–Trinajstić information content (AvgIpc) is 2.03. The Hall–Kier alpha value is -1.64.